The number of methoxy groups -OCH3 is 1. The van der Waals surface area contributed by atoms with Crippen molar-refractivity contribution in [2.75, 3.05) is 7.11 Å². The first-order valence-electron chi connectivity index (χ1n) is 4.45. The molecule has 1 aromatic carbocycles. The number of hydrogen-bond donors (Lipinski definition) is 0. The summed E-state index contributed by atoms with van der Waals surface area (Å²) in [7, 11) is 1.66. The maximum atomic E-state index is 5.09. The molecule has 0 N–H and O–H groups in total. The lowest BCUT2D eigenvalue weighted by Crippen LogP contribution is -1.95. The van der Waals surface area contributed by atoms with Gasteiger partial charge in [0, 0.05) is 18.1 Å². The second-order valence-electron chi connectivity index (χ2n) is 3.04. The standard InChI is InChI=1S/C11H12N2O/c1-9-12-7-8-13(9)10-3-5-11(14-2)6-4-10/h3-8H,1-2H3. The highest BCUT2D eigenvalue weighted by Gasteiger charge is 1.99. The van der Waals surface area contributed by atoms with E-state index < -0.39 is 0 Å². The first-order chi connectivity index (χ1) is 6.81. The van der Waals surface area contributed by atoms with Gasteiger partial charge < -0.3 is 9.30 Å². The lowest BCUT2D eigenvalue weighted by Gasteiger charge is -2.05. The molecule has 3 heteroatoms. The van der Waals surface area contributed by atoms with Crippen LogP contribution in [0, 0.1) is 6.92 Å². The maximum absolute atomic E-state index is 5.09. The minimum absolute atomic E-state index is 0.867. The molecule has 1 aromatic heterocycles. The molecule has 0 spiro atoms. The van der Waals surface area contributed by atoms with Gasteiger partial charge in [-0.3, -0.25) is 0 Å². The average Bonchev–Trinajstić information content (AvgIpc) is 2.65. The Hall–Kier alpha value is -1.77. The normalized spacial score (nSPS) is 10.1. The van der Waals surface area contributed by atoms with Gasteiger partial charge in [-0.2, -0.15) is 0 Å². The fraction of sp³-hybridized carbons (Fsp3) is 0.182. The molecule has 0 fully saturated rings. The minimum atomic E-state index is 0.867. The smallest absolute Gasteiger partial charge is 0.119 e. The second-order valence-corrected chi connectivity index (χ2v) is 3.04. The highest BCUT2D eigenvalue weighted by molar-refractivity contribution is 5.38. The Bertz CT molecular complexity index is 417. The molecular weight excluding hydrogens is 176 g/mol. The van der Waals surface area contributed by atoms with E-state index in [1.165, 1.54) is 0 Å². The molecule has 3 nitrogen and oxygen atoms in total. The van der Waals surface area contributed by atoms with E-state index in [1.807, 2.05) is 42.0 Å². The molecule has 0 amide bonds. The van der Waals surface area contributed by atoms with Crippen molar-refractivity contribution in [1.82, 2.24) is 9.55 Å². The highest BCUT2D eigenvalue weighted by atomic mass is 16.5. The zero-order valence-electron chi connectivity index (χ0n) is 8.27. The minimum Gasteiger partial charge on any atom is -0.497 e. The van der Waals surface area contributed by atoms with Gasteiger partial charge in [-0.25, -0.2) is 4.98 Å². The summed E-state index contributed by atoms with van der Waals surface area (Å²) < 4.78 is 7.12. The van der Waals surface area contributed by atoms with Crippen LogP contribution >= 0.6 is 0 Å². The van der Waals surface area contributed by atoms with Crippen LogP contribution < -0.4 is 4.74 Å². The van der Waals surface area contributed by atoms with Crippen molar-refractivity contribution in [1.29, 1.82) is 0 Å². The maximum Gasteiger partial charge on any atom is 0.119 e. The Labute approximate surface area is 83.0 Å². The lowest BCUT2D eigenvalue weighted by atomic mass is 10.3. The summed E-state index contributed by atoms with van der Waals surface area (Å²) in [5.41, 5.74) is 1.10. The Morgan fingerprint density at radius 2 is 1.93 bits per heavy atom. The fourth-order valence-corrected chi connectivity index (χ4v) is 1.39. The van der Waals surface area contributed by atoms with E-state index in [0.717, 1.165) is 17.3 Å². The van der Waals surface area contributed by atoms with Gasteiger partial charge >= 0.3 is 0 Å². The van der Waals surface area contributed by atoms with Crippen molar-refractivity contribution in [2.24, 2.45) is 0 Å². The van der Waals surface area contributed by atoms with Gasteiger partial charge in [-0.1, -0.05) is 0 Å². The molecule has 0 saturated carbocycles. The van der Waals surface area contributed by atoms with Crippen molar-refractivity contribution in [3.8, 4) is 11.4 Å². The van der Waals surface area contributed by atoms with Crippen LogP contribution in [0.3, 0.4) is 0 Å². The zero-order valence-corrected chi connectivity index (χ0v) is 8.27. The van der Waals surface area contributed by atoms with Crippen molar-refractivity contribution in [3.05, 3.63) is 42.5 Å². The first-order valence-corrected chi connectivity index (χ1v) is 4.45. The van der Waals surface area contributed by atoms with Crippen molar-refractivity contribution < 1.29 is 4.74 Å². The van der Waals surface area contributed by atoms with E-state index >= 15 is 0 Å². The second kappa shape index (κ2) is 3.54. The largest absolute Gasteiger partial charge is 0.497 e. The number of ether oxygens (including phenoxy) is 1. The van der Waals surface area contributed by atoms with E-state index in [0.29, 0.717) is 0 Å². The number of nitrogens with zero attached hydrogens (tertiary/aromatic N) is 2. The van der Waals surface area contributed by atoms with Crippen LogP contribution in [0.25, 0.3) is 5.69 Å². The average molecular weight is 188 g/mol. The molecular formula is C11H12N2O. The van der Waals surface area contributed by atoms with Crippen LogP contribution in [0.2, 0.25) is 0 Å². The van der Waals surface area contributed by atoms with Gasteiger partial charge in [0.15, 0.2) is 0 Å². The summed E-state index contributed by atoms with van der Waals surface area (Å²) in [6.07, 6.45) is 3.73. The summed E-state index contributed by atoms with van der Waals surface area (Å²) >= 11 is 0. The van der Waals surface area contributed by atoms with Gasteiger partial charge in [0.1, 0.15) is 11.6 Å². The Balaban J connectivity index is 2.39. The van der Waals surface area contributed by atoms with Crippen LogP contribution in [0.15, 0.2) is 36.7 Å². The summed E-state index contributed by atoms with van der Waals surface area (Å²) in [4.78, 5) is 4.17. The molecule has 0 atom stereocenters. The number of rotatable bonds is 2. The van der Waals surface area contributed by atoms with Crippen LogP contribution in [-0.4, -0.2) is 16.7 Å². The Kier molecular flexibility index (Phi) is 2.23. The third-order valence-corrected chi connectivity index (χ3v) is 2.18. The molecule has 2 aromatic rings. The van der Waals surface area contributed by atoms with E-state index in [1.54, 1.807) is 13.3 Å². The van der Waals surface area contributed by atoms with Crippen molar-refractivity contribution >= 4 is 0 Å². The predicted molar refractivity (Wildman–Crippen MR) is 54.9 cm³/mol. The number of aryl methyl sites for hydroxylation is 1. The third kappa shape index (κ3) is 1.48. The fourth-order valence-electron chi connectivity index (χ4n) is 1.39. The van der Waals surface area contributed by atoms with Crippen LogP contribution in [0.4, 0.5) is 0 Å². The SMILES string of the molecule is COc1ccc(-n2ccnc2C)cc1. The molecule has 0 saturated heterocycles. The topological polar surface area (TPSA) is 27.1 Å². The molecule has 1 heterocycles. The van der Waals surface area contributed by atoms with Gasteiger partial charge in [-0.15, -0.1) is 0 Å². The zero-order chi connectivity index (χ0) is 9.97. The molecule has 0 aliphatic rings. The van der Waals surface area contributed by atoms with Gasteiger partial charge in [0.2, 0.25) is 0 Å². The number of benzene rings is 1. The molecule has 0 bridgehead atoms. The summed E-state index contributed by atoms with van der Waals surface area (Å²) in [5.74, 6) is 1.85. The van der Waals surface area contributed by atoms with Gasteiger partial charge in [0.25, 0.3) is 0 Å². The summed E-state index contributed by atoms with van der Waals surface area (Å²) in [5, 5.41) is 0. The molecule has 14 heavy (non-hydrogen) atoms. The number of imidazole rings is 1. The van der Waals surface area contributed by atoms with Crippen LogP contribution in [0.5, 0.6) is 5.75 Å². The number of aromatic nitrogens is 2. The molecule has 0 unspecified atom stereocenters. The quantitative estimate of drug-likeness (QED) is 0.722. The molecule has 2 rings (SSSR count). The summed E-state index contributed by atoms with van der Waals surface area (Å²) in [6, 6.07) is 7.89. The molecule has 0 aliphatic heterocycles. The Morgan fingerprint density at radius 3 is 2.43 bits per heavy atom. The van der Waals surface area contributed by atoms with Crippen LogP contribution in [0.1, 0.15) is 5.82 Å². The molecule has 0 radical (unpaired) electrons. The number of hydrogen-bond acceptors (Lipinski definition) is 2. The first kappa shape index (κ1) is 8.81. The monoisotopic (exact) mass is 188 g/mol. The lowest BCUT2D eigenvalue weighted by molar-refractivity contribution is 0.414. The Morgan fingerprint density at radius 1 is 1.21 bits per heavy atom. The van der Waals surface area contributed by atoms with E-state index in [2.05, 4.69) is 4.98 Å². The van der Waals surface area contributed by atoms with Crippen LogP contribution in [-0.2, 0) is 0 Å². The van der Waals surface area contributed by atoms with Gasteiger partial charge in [-0.05, 0) is 31.2 Å². The van der Waals surface area contributed by atoms with Crippen molar-refractivity contribution in [3.63, 3.8) is 0 Å². The van der Waals surface area contributed by atoms with E-state index in [4.69, 9.17) is 4.74 Å². The van der Waals surface area contributed by atoms with Crippen molar-refractivity contribution in [2.45, 2.75) is 6.92 Å². The van der Waals surface area contributed by atoms with Gasteiger partial charge in [0.05, 0.1) is 7.11 Å². The third-order valence-electron chi connectivity index (χ3n) is 2.18. The summed E-state index contributed by atoms with van der Waals surface area (Å²) in [6.45, 7) is 1.98. The molecule has 72 valence electrons. The van der Waals surface area contributed by atoms with E-state index in [9.17, 15) is 0 Å². The van der Waals surface area contributed by atoms with E-state index in [-0.39, 0.29) is 0 Å². The highest BCUT2D eigenvalue weighted by Crippen LogP contribution is 2.15. The molecule has 0 aliphatic carbocycles. The predicted octanol–water partition coefficient (Wildman–Crippen LogP) is 2.19.